The first kappa shape index (κ1) is 17.9. The van der Waals surface area contributed by atoms with Crippen molar-refractivity contribution < 1.29 is 4.79 Å². The maximum atomic E-state index is 13.6. The number of aryl methyl sites for hydroxylation is 2. The number of thiophene rings is 1. The molecular formula is C21H21N3O2S2. The monoisotopic (exact) mass is 411 g/mol. The quantitative estimate of drug-likeness (QED) is 0.618. The van der Waals surface area contributed by atoms with Crippen LogP contribution in [0.1, 0.15) is 29.7 Å². The normalized spacial score (nSPS) is 19.4. The minimum absolute atomic E-state index is 0.00287. The van der Waals surface area contributed by atoms with E-state index in [4.69, 9.17) is 4.98 Å². The molecule has 5 rings (SSSR count). The van der Waals surface area contributed by atoms with Crippen molar-refractivity contribution >= 4 is 39.2 Å². The van der Waals surface area contributed by atoms with E-state index in [0.717, 1.165) is 48.1 Å². The Kier molecular flexibility index (Phi) is 4.51. The topological polar surface area (TPSA) is 55.2 Å². The van der Waals surface area contributed by atoms with E-state index in [-0.39, 0.29) is 16.7 Å². The number of hydrogen-bond donors (Lipinski definition) is 0. The Balaban J connectivity index is 1.71. The van der Waals surface area contributed by atoms with Crippen LogP contribution >= 0.6 is 23.1 Å². The van der Waals surface area contributed by atoms with Gasteiger partial charge in [0.1, 0.15) is 4.83 Å². The fourth-order valence-corrected chi connectivity index (χ4v) is 6.60. The summed E-state index contributed by atoms with van der Waals surface area (Å²) in [4.78, 5) is 34.9. The number of para-hydroxylation sites is 1. The molecule has 7 heteroatoms. The maximum Gasteiger partial charge on any atom is 0.267 e. The molecule has 5 nitrogen and oxygen atoms in total. The van der Waals surface area contributed by atoms with Crippen LogP contribution in [-0.2, 0) is 17.6 Å². The molecule has 0 spiro atoms. The van der Waals surface area contributed by atoms with Crippen LogP contribution in [0.5, 0.6) is 0 Å². The molecule has 3 heterocycles. The Morgan fingerprint density at radius 1 is 1.14 bits per heavy atom. The van der Waals surface area contributed by atoms with Gasteiger partial charge in [-0.1, -0.05) is 30.0 Å². The van der Waals surface area contributed by atoms with Crippen LogP contribution in [-0.4, -0.2) is 39.2 Å². The first-order valence-corrected chi connectivity index (χ1v) is 11.4. The SMILES string of the molecule is CN1CCC(Sc2nc3sc4c(c3c(=O)n2-c2ccccc2)CCCC4)C1=O. The minimum atomic E-state index is -0.182. The van der Waals surface area contributed by atoms with E-state index >= 15 is 0 Å². The molecular weight excluding hydrogens is 390 g/mol. The minimum Gasteiger partial charge on any atom is -0.345 e. The lowest BCUT2D eigenvalue weighted by molar-refractivity contribution is -0.126. The molecule has 1 aromatic carbocycles. The number of fused-ring (bicyclic) bond motifs is 3. The number of amides is 1. The van der Waals surface area contributed by atoms with Gasteiger partial charge in [-0.2, -0.15) is 0 Å². The Hall–Kier alpha value is -2.12. The molecule has 1 atom stereocenters. The van der Waals surface area contributed by atoms with Crippen LogP contribution in [0, 0.1) is 0 Å². The lowest BCUT2D eigenvalue weighted by Crippen LogP contribution is -2.26. The van der Waals surface area contributed by atoms with Crippen molar-refractivity contribution in [2.45, 2.75) is 42.5 Å². The Labute approximate surface area is 171 Å². The highest BCUT2D eigenvalue weighted by Gasteiger charge is 2.32. The van der Waals surface area contributed by atoms with Gasteiger partial charge < -0.3 is 4.90 Å². The zero-order valence-electron chi connectivity index (χ0n) is 15.7. The van der Waals surface area contributed by atoms with Crippen molar-refractivity contribution in [3.05, 3.63) is 51.1 Å². The summed E-state index contributed by atoms with van der Waals surface area (Å²) < 4.78 is 1.71. The molecule has 2 aromatic heterocycles. The first-order chi connectivity index (χ1) is 13.6. The van der Waals surface area contributed by atoms with Crippen molar-refractivity contribution in [3.63, 3.8) is 0 Å². The molecule has 2 aliphatic rings. The predicted octanol–water partition coefficient (Wildman–Crippen LogP) is 3.65. The summed E-state index contributed by atoms with van der Waals surface area (Å²) >= 11 is 3.08. The summed E-state index contributed by atoms with van der Waals surface area (Å²) in [5.41, 5.74) is 2.00. The number of hydrogen-bond acceptors (Lipinski definition) is 5. The van der Waals surface area contributed by atoms with Gasteiger partial charge in [0, 0.05) is 18.5 Å². The molecule has 144 valence electrons. The number of benzene rings is 1. The number of aromatic nitrogens is 2. The highest BCUT2D eigenvalue weighted by atomic mass is 32.2. The van der Waals surface area contributed by atoms with E-state index in [2.05, 4.69) is 0 Å². The van der Waals surface area contributed by atoms with Gasteiger partial charge in [-0.15, -0.1) is 11.3 Å². The number of likely N-dealkylation sites (tertiary alicyclic amines) is 1. The van der Waals surface area contributed by atoms with Crippen LogP contribution in [0.25, 0.3) is 15.9 Å². The van der Waals surface area contributed by atoms with Crippen LogP contribution in [0.4, 0.5) is 0 Å². The van der Waals surface area contributed by atoms with Gasteiger partial charge >= 0.3 is 0 Å². The highest BCUT2D eigenvalue weighted by molar-refractivity contribution is 8.00. The average Bonchev–Trinajstić information content (AvgIpc) is 3.23. The van der Waals surface area contributed by atoms with Gasteiger partial charge in [0.05, 0.1) is 16.3 Å². The van der Waals surface area contributed by atoms with Crippen molar-refractivity contribution in [1.82, 2.24) is 14.5 Å². The van der Waals surface area contributed by atoms with Crippen LogP contribution in [0.15, 0.2) is 40.3 Å². The standard InChI is InChI=1S/C21H21N3O2S2/c1-23-12-11-16(19(23)25)28-21-22-18-17(14-9-5-6-10-15(14)27-18)20(26)24(21)13-7-3-2-4-8-13/h2-4,7-8,16H,5-6,9-12H2,1H3. The second kappa shape index (κ2) is 7.04. The molecule has 0 saturated carbocycles. The van der Waals surface area contributed by atoms with Crippen molar-refractivity contribution in [3.8, 4) is 5.69 Å². The predicted molar refractivity (Wildman–Crippen MR) is 114 cm³/mol. The van der Waals surface area contributed by atoms with E-state index < -0.39 is 0 Å². The lowest BCUT2D eigenvalue weighted by atomic mass is 9.97. The molecule has 1 amide bonds. The van der Waals surface area contributed by atoms with Gasteiger partial charge in [0.25, 0.3) is 5.56 Å². The van der Waals surface area contributed by atoms with Crippen LogP contribution < -0.4 is 5.56 Å². The fraction of sp³-hybridized carbons (Fsp3) is 0.381. The van der Waals surface area contributed by atoms with E-state index in [9.17, 15) is 9.59 Å². The summed E-state index contributed by atoms with van der Waals surface area (Å²) in [6.07, 6.45) is 5.08. The lowest BCUT2D eigenvalue weighted by Gasteiger charge is -2.15. The molecule has 1 aliphatic heterocycles. The second-order valence-corrected chi connectivity index (χ2v) is 9.67. The number of carbonyl (C=O) groups excluding carboxylic acids is 1. The molecule has 1 aliphatic carbocycles. The molecule has 0 bridgehead atoms. The molecule has 0 N–H and O–H groups in total. The molecule has 3 aromatic rings. The third-order valence-corrected chi connectivity index (χ3v) is 7.99. The number of rotatable bonds is 3. The highest BCUT2D eigenvalue weighted by Crippen LogP contribution is 2.36. The molecule has 1 unspecified atom stereocenters. The van der Waals surface area contributed by atoms with E-state index in [0.29, 0.717) is 5.16 Å². The van der Waals surface area contributed by atoms with Gasteiger partial charge in [-0.05, 0) is 49.8 Å². The molecule has 0 radical (unpaired) electrons. The Bertz CT molecular complexity index is 1120. The van der Waals surface area contributed by atoms with Gasteiger partial charge in [0.2, 0.25) is 5.91 Å². The Morgan fingerprint density at radius 3 is 2.68 bits per heavy atom. The fourth-order valence-electron chi connectivity index (χ4n) is 4.10. The molecule has 1 fully saturated rings. The maximum absolute atomic E-state index is 13.6. The van der Waals surface area contributed by atoms with Gasteiger partial charge in [0.15, 0.2) is 5.16 Å². The molecule has 1 saturated heterocycles. The summed E-state index contributed by atoms with van der Waals surface area (Å²) in [5.74, 6) is 0.115. The molecule has 28 heavy (non-hydrogen) atoms. The zero-order chi connectivity index (χ0) is 19.3. The van der Waals surface area contributed by atoms with E-state index in [1.165, 1.54) is 28.6 Å². The summed E-state index contributed by atoms with van der Waals surface area (Å²) in [5, 5.41) is 1.22. The summed E-state index contributed by atoms with van der Waals surface area (Å²) in [7, 11) is 1.83. The Morgan fingerprint density at radius 2 is 1.93 bits per heavy atom. The summed E-state index contributed by atoms with van der Waals surface area (Å²) in [6, 6.07) is 9.66. The van der Waals surface area contributed by atoms with Gasteiger partial charge in [-0.25, -0.2) is 4.98 Å². The van der Waals surface area contributed by atoms with E-state index in [1.807, 2.05) is 37.4 Å². The van der Waals surface area contributed by atoms with E-state index in [1.54, 1.807) is 20.8 Å². The third-order valence-electron chi connectivity index (χ3n) is 5.60. The number of carbonyl (C=O) groups is 1. The van der Waals surface area contributed by atoms with Crippen LogP contribution in [0.2, 0.25) is 0 Å². The number of thioether (sulfide) groups is 1. The van der Waals surface area contributed by atoms with Gasteiger partial charge in [-0.3, -0.25) is 14.2 Å². The third kappa shape index (κ3) is 2.88. The summed E-state index contributed by atoms with van der Waals surface area (Å²) in [6.45, 7) is 0.752. The van der Waals surface area contributed by atoms with Crippen molar-refractivity contribution in [2.75, 3.05) is 13.6 Å². The average molecular weight is 412 g/mol. The number of nitrogens with zero attached hydrogens (tertiary/aromatic N) is 3. The zero-order valence-corrected chi connectivity index (χ0v) is 17.3. The largest absolute Gasteiger partial charge is 0.345 e. The van der Waals surface area contributed by atoms with Crippen molar-refractivity contribution in [1.29, 1.82) is 0 Å². The van der Waals surface area contributed by atoms with Crippen LogP contribution in [0.3, 0.4) is 0 Å². The first-order valence-electron chi connectivity index (χ1n) is 9.68. The smallest absolute Gasteiger partial charge is 0.267 e. The second-order valence-electron chi connectivity index (χ2n) is 7.42. The van der Waals surface area contributed by atoms with Crippen molar-refractivity contribution in [2.24, 2.45) is 0 Å².